The van der Waals surface area contributed by atoms with Crippen LogP contribution in [0.15, 0.2) is 36.7 Å². The second kappa shape index (κ2) is 7.48. The molecule has 0 fully saturated rings. The third-order valence-corrected chi connectivity index (χ3v) is 2.72. The summed E-state index contributed by atoms with van der Waals surface area (Å²) in [5, 5.41) is 11.0. The number of fused-ring (bicyclic) bond motifs is 1. The summed E-state index contributed by atoms with van der Waals surface area (Å²) in [5.74, 6) is -0.362. The van der Waals surface area contributed by atoms with Crippen LogP contribution >= 0.6 is 0 Å². The van der Waals surface area contributed by atoms with E-state index in [2.05, 4.69) is 4.98 Å². The molecule has 0 aliphatic carbocycles. The molecule has 1 atom stereocenters. The zero-order valence-corrected chi connectivity index (χ0v) is 10.2. The van der Waals surface area contributed by atoms with Gasteiger partial charge in [-0.1, -0.05) is 19.4 Å². The van der Waals surface area contributed by atoms with E-state index in [1.165, 1.54) is 0 Å². The van der Waals surface area contributed by atoms with Gasteiger partial charge in [0.25, 0.3) is 0 Å². The molecule has 1 heterocycles. The number of ether oxygens (including phenoxy) is 1. The van der Waals surface area contributed by atoms with Crippen LogP contribution in [0.3, 0.4) is 0 Å². The first kappa shape index (κ1) is 16.0. The van der Waals surface area contributed by atoms with Crippen molar-refractivity contribution in [2.75, 3.05) is 0 Å². The van der Waals surface area contributed by atoms with Gasteiger partial charge in [0.1, 0.15) is 5.75 Å². The summed E-state index contributed by atoms with van der Waals surface area (Å²) in [6, 6.07) is 7.40. The molecule has 2 rings (SSSR count). The fourth-order valence-corrected chi connectivity index (χ4v) is 1.80. The van der Waals surface area contributed by atoms with Gasteiger partial charge in [-0.25, -0.2) is 4.79 Å². The number of pyridine rings is 1. The predicted molar refractivity (Wildman–Crippen MR) is 75.9 cm³/mol. The van der Waals surface area contributed by atoms with Crippen LogP contribution in [0.1, 0.15) is 19.8 Å². The molecular weight excluding hydrogens is 253 g/mol. The maximum atomic E-state index is 11.0. The van der Waals surface area contributed by atoms with Crippen LogP contribution < -0.4 is 4.74 Å². The number of carboxylic acids is 1. The van der Waals surface area contributed by atoms with Crippen molar-refractivity contribution in [3.8, 4) is 5.75 Å². The van der Waals surface area contributed by atoms with Crippen LogP contribution in [0.2, 0.25) is 0 Å². The summed E-state index contributed by atoms with van der Waals surface area (Å²) in [7, 11) is 0. The van der Waals surface area contributed by atoms with Gasteiger partial charge in [-0.05, 0) is 30.0 Å². The minimum atomic E-state index is -0.928. The van der Waals surface area contributed by atoms with E-state index in [4.69, 9.17) is 9.84 Å². The third-order valence-electron chi connectivity index (χ3n) is 2.72. The molecule has 1 aromatic heterocycles. The Morgan fingerprint density at radius 1 is 1.37 bits per heavy atom. The SMILES string of the molecule is CCCC(Oc1ccc2ccncc2c1)C(=O)O.[NaH]. The van der Waals surface area contributed by atoms with Crippen LogP contribution in [0, 0.1) is 0 Å². The van der Waals surface area contributed by atoms with Gasteiger partial charge in [-0.15, -0.1) is 0 Å². The molecule has 0 saturated carbocycles. The number of rotatable bonds is 5. The Kier molecular flexibility index (Phi) is 6.28. The molecule has 1 aromatic carbocycles. The molecule has 0 amide bonds. The van der Waals surface area contributed by atoms with Gasteiger partial charge in [0.05, 0.1) is 0 Å². The molecule has 5 heteroatoms. The quantitative estimate of drug-likeness (QED) is 0.845. The first-order valence-corrected chi connectivity index (χ1v) is 5.94. The number of hydrogen-bond donors (Lipinski definition) is 1. The van der Waals surface area contributed by atoms with Crippen LogP contribution in [-0.2, 0) is 4.79 Å². The number of aromatic nitrogens is 1. The molecule has 0 aliphatic heterocycles. The van der Waals surface area contributed by atoms with Crippen LogP contribution in [0.4, 0.5) is 0 Å². The fourth-order valence-electron chi connectivity index (χ4n) is 1.80. The van der Waals surface area contributed by atoms with Crippen molar-refractivity contribution >= 4 is 46.3 Å². The number of hydrogen-bond acceptors (Lipinski definition) is 3. The summed E-state index contributed by atoms with van der Waals surface area (Å²) in [6.07, 6.45) is 3.94. The van der Waals surface area contributed by atoms with Gasteiger partial charge in [-0.2, -0.15) is 0 Å². The monoisotopic (exact) mass is 269 g/mol. The number of nitrogens with zero attached hydrogens (tertiary/aromatic N) is 1. The van der Waals surface area contributed by atoms with E-state index in [-0.39, 0.29) is 29.6 Å². The molecule has 96 valence electrons. The maximum absolute atomic E-state index is 11.0. The fraction of sp³-hybridized carbons (Fsp3) is 0.286. The van der Waals surface area contributed by atoms with E-state index in [0.29, 0.717) is 12.2 Å². The molecule has 0 bridgehead atoms. The molecule has 4 nitrogen and oxygen atoms in total. The zero-order valence-electron chi connectivity index (χ0n) is 10.2. The summed E-state index contributed by atoms with van der Waals surface area (Å²) in [4.78, 5) is 15.1. The molecule has 0 radical (unpaired) electrons. The van der Waals surface area contributed by atoms with Gasteiger partial charge in [0.2, 0.25) is 0 Å². The van der Waals surface area contributed by atoms with Crippen LogP contribution in [0.25, 0.3) is 10.8 Å². The second-order valence-electron chi connectivity index (χ2n) is 4.12. The standard InChI is InChI=1S/C14H15NO3.Na.H/c1-2-3-13(14(16)17)18-12-5-4-10-6-7-15-9-11(10)8-12;;/h4-9,13H,2-3H2,1H3,(H,16,17);;. The van der Waals surface area contributed by atoms with Gasteiger partial charge < -0.3 is 9.84 Å². The second-order valence-corrected chi connectivity index (χ2v) is 4.12. The average molecular weight is 269 g/mol. The third kappa shape index (κ3) is 4.20. The Balaban J connectivity index is 0.00000180. The Morgan fingerprint density at radius 3 is 2.84 bits per heavy atom. The van der Waals surface area contributed by atoms with Crippen molar-refractivity contribution in [1.82, 2.24) is 4.98 Å². The number of carbonyl (C=O) groups is 1. The van der Waals surface area contributed by atoms with Crippen molar-refractivity contribution in [1.29, 1.82) is 0 Å². The normalized spacial score (nSPS) is 11.6. The van der Waals surface area contributed by atoms with Gasteiger partial charge in [0, 0.05) is 17.8 Å². The topological polar surface area (TPSA) is 59.4 Å². The molecule has 0 aliphatic rings. The number of carboxylic acid groups (broad SMARTS) is 1. The van der Waals surface area contributed by atoms with Crippen LogP contribution in [0.5, 0.6) is 5.75 Å². The number of aliphatic carboxylic acids is 1. The van der Waals surface area contributed by atoms with Gasteiger partial charge in [0.15, 0.2) is 6.10 Å². The number of benzene rings is 1. The Bertz CT molecular complexity index is 559. The Morgan fingerprint density at radius 2 is 2.16 bits per heavy atom. The molecule has 1 N–H and O–H groups in total. The van der Waals surface area contributed by atoms with E-state index in [0.717, 1.165) is 17.2 Å². The van der Waals surface area contributed by atoms with Gasteiger partial charge in [-0.3, -0.25) is 4.98 Å². The molecule has 1 unspecified atom stereocenters. The Labute approximate surface area is 134 Å². The molecular formula is C14H16NNaO3. The van der Waals surface area contributed by atoms with Crippen molar-refractivity contribution in [2.24, 2.45) is 0 Å². The Hall–Kier alpha value is -1.10. The van der Waals surface area contributed by atoms with E-state index in [1.54, 1.807) is 18.5 Å². The predicted octanol–water partition coefficient (Wildman–Crippen LogP) is 2.22. The van der Waals surface area contributed by atoms with Crippen molar-refractivity contribution < 1.29 is 14.6 Å². The zero-order chi connectivity index (χ0) is 13.0. The van der Waals surface area contributed by atoms with Crippen LogP contribution in [-0.4, -0.2) is 51.7 Å². The van der Waals surface area contributed by atoms with Gasteiger partial charge >= 0.3 is 35.5 Å². The van der Waals surface area contributed by atoms with E-state index in [9.17, 15) is 4.79 Å². The van der Waals surface area contributed by atoms with E-state index >= 15 is 0 Å². The minimum absolute atomic E-state index is 0. The molecule has 19 heavy (non-hydrogen) atoms. The van der Waals surface area contributed by atoms with Crippen molar-refractivity contribution in [3.63, 3.8) is 0 Å². The van der Waals surface area contributed by atoms with E-state index in [1.807, 2.05) is 25.1 Å². The first-order valence-electron chi connectivity index (χ1n) is 5.94. The summed E-state index contributed by atoms with van der Waals surface area (Å²) < 4.78 is 5.50. The molecule has 0 saturated heterocycles. The average Bonchev–Trinajstić information content (AvgIpc) is 2.38. The van der Waals surface area contributed by atoms with Crippen molar-refractivity contribution in [3.05, 3.63) is 36.7 Å². The van der Waals surface area contributed by atoms with E-state index < -0.39 is 12.1 Å². The molecule has 2 aromatic rings. The summed E-state index contributed by atoms with van der Waals surface area (Å²) in [5.41, 5.74) is 0. The van der Waals surface area contributed by atoms with Crippen molar-refractivity contribution in [2.45, 2.75) is 25.9 Å². The summed E-state index contributed by atoms with van der Waals surface area (Å²) in [6.45, 7) is 1.93. The molecule has 0 spiro atoms. The first-order chi connectivity index (χ1) is 8.70. The summed E-state index contributed by atoms with van der Waals surface area (Å²) >= 11 is 0.